The minimum Gasteiger partial charge on any atom is -0.207 e. The van der Waals surface area contributed by atoms with E-state index in [1.54, 1.807) is 24.3 Å². The minimum absolute atomic E-state index is 0.0146. The smallest absolute Gasteiger partial charge is 0.207 e. The molecule has 0 unspecified atom stereocenters. The lowest BCUT2D eigenvalue weighted by atomic mass is 10.1. The monoisotopic (exact) mass is 217 g/mol. The summed E-state index contributed by atoms with van der Waals surface area (Å²) in [5, 5.41) is 8.51. The molecular formula is C9H6Cl2FN. The number of halogens is 3. The normalized spacial score (nSPS) is 10.9. The SMILES string of the molecule is N#CC(Cl)(Cl)Cc1ccccc1F. The Morgan fingerprint density at radius 3 is 2.54 bits per heavy atom. The summed E-state index contributed by atoms with van der Waals surface area (Å²) >= 11 is 11.1. The lowest BCUT2D eigenvalue weighted by molar-refractivity contribution is 0.608. The molecule has 0 aliphatic heterocycles. The summed E-state index contributed by atoms with van der Waals surface area (Å²) in [5.41, 5.74) is 0.342. The predicted octanol–water partition coefficient (Wildman–Crippen LogP) is 3.07. The van der Waals surface area contributed by atoms with Gasteiger partial charge in [0.2, 0.25) is 4.33 Å². The van der Waals surface area contributed by atoms with E-state index in [2.05, 4.69) is 0 Å². The fourth-order valence-electron chi connectivity index (χ4n) is 0.920. The summed E-state index contributed by atoms with van der Waals surface area (Å²) < 4.78 is 11.5. The molecule has 0 saturated heterocycles. The van der Waals surface area contributed by atoms with Gasteiger partial charge in [0.15, 0.2) is 0 Å². The third-order valence-electron chi connectivity index (χ3n) is 1.53. The quantitative estimate of drug-likeness (QED) is 0.699. The van der Waals surface area contributed by atoms with Crippen molar-refractivity contribution in [2.75, 3.05) is 0 Å². The van der Waals surface area contributed by atoms with Crippen LogP contribution in [-0.4, -0.2) is 4.33 Å². The average Bonchev–Trinajstić information content (AvgIpc) is 2.09. The van der Waals surface area contributed by atoms with Crippen molar-refractivity contribution < 1.29 is 4.39 Å². The zero-order valence-corrected chi connectivity index (χ0v) is 8.11. The Morgan fingerprint density at radius 1 is 1.38 bits per heavy atom. The summed E-state index contributed by atoms with van der Waals surface area (Å²) in [6.45, 7) is 0. The Labute approximate surface area is 85.7 Å². The number of rotatable bonds is 2. The van der Waals surface area contributed by atoms with Gasteiger partial charge in [-0.1, -0.05) is 41.4 Å². The summed E-state index contributed by atoms with van der Waals surface area (Å²) in [6.07, 6.45) is -0.0146. The maximum Gasteiger partial charge on any atom is 0.207 e. The molecule has 0 amide bonds. The Hall–Kier alpha value is -0.780. The van der Waals surface area contributed by atoms with Crippen molar-refractivity contribution in [2.24, 2.45) is 0 Å². The van der Waals surface area contributed by atoms with Crippen molar-refractivity contribution in [2.45, 2.75) is 10.8 Å². The highest BCUT2D eigenvalue weighted by atomic mass is 35.5. The van der Waals surface area contributed by atoms with E-state index in [0.29, 0.717) is 5.56 Å². The first-order valence-electron chi connectivity index (χ1n) is 3.58. The lowest BCUT2D eigenvalue weighted by Crippen LogP contribution is -2.14. The summed E-state index contributed by atoms with van der Waals surface area (Å²) in [7, 11) is 0. The van der Waals surface area contributed by atoms with E-state index in [1.807, 2.05) is 0 Å². The molecule has 0 bridgehead atoms. The molecule has 1 rings (SSSR count). The van der Waals surface area contributed by atoms with E-state index >= 15 is 0 Å². The van der Waals surface area contributed by atoms with Crippen LogP contribution in [0.3, 0.4) is 0 Å². The second-order valence-corrected chi connectivity index (χ2v) is 4.07. The van der Waals surface area contributed by atoms with E-state index in [0.717, 1.165) is 0 Å². The topological polar surface area (TPSA) is 23.8 Å². The van der Waals surface area contributed by atoms with E-state index in [4.69, 9.17) is 28.5 Å². The molecule has 0 fully saturated rings. The van der Waals surface area contributed by atoms with Crippen molar-refractivity contribution in [1.29, 1.82) is 5.26 Å². The highest BCUT2D eigenvalue weighted by Gasteiger charge is 2.24. The molecule has 0 radical (unpaired) electrons. The fourth-order valence-corrected chi connectivity index (χ4v) is 1.21. The van der Waals surface area contributed by atoms with Gasteiger partial charge in [-0.05, 0) is 11.6 Å². The van der Waals surface area contributed by atoms with Crippen molar-refractivity contribution >= 4 is 23.2 Å². The van der Waals surface area contributed by atoms with Gasteiger partial charge >= 0.3 is 0 Å². The van der Waals surface area contributed by atoms with Crippen LogP contribution in [-0.2, 0) is 6.42 Å². The van der Waals surface area contributed by atoms with E-state index in [1.165, 1.54) is 6.07 Å². The Balaban J connectivity index is 2.88. The van der Waals surface area contributed by atoms with Gasteiger partial charge in [-0.2, -0.15) is 5.26 Å². The van der Waals surface area contributed by atoms with Gasteiger partial charge in [0, 0.05) is 6.42 Å². The molecule has 1 aromatic rings. The lowest BCUT2D eigenvalue weighted by Gasteiger charge is -2.10. The highest BCUT2D eigenvalue weighted by Crippen LogP contribution is 2.25. The molecule has 13 heavy (non-hydrogen) atoms. The van der Waals surface area contributed by atoms with Crippen LogP contribution in [0.15, 0.2) is 24.3 Å². The van der Waals surface area contributed by atoms with Crippen LogP contribution in [0.4, 0.5) is 4.39 Å². The standard InChI is InChI=1S/C9H6Cl2FN/c10-9(11,6-13)5-7-3-1-2-4-8(7)12/h1-4H,5H2. The highest BCUT2D eigenvalue weighted by molar-refractivity contribution is 6.50. The van der Waals surface area contributed by atoms with Crippen molar-refractivity contribution in [1.82, 2.24) is 0 Å². The maximum atomic E-state index is 13.0. The molecule has 4 heteroatoms. The molecule has 1 nitrogen and oxygen atoms in total. The van der Waals surface area contributed by atoms with Crippen LogP contribution in [0.1, 0.15) is 5.56 Å². The van der Waals surface area contributed by atoms with Gasteiger partial charge in [0.05, 0.1) is 0 Å². The van der Waals surface area contributed by atoms with Crippen molar-refractivity contribution in [3.8, 4) is 6.07 Å². The number of hydrogen-bond donors (Lipinski definition) is 0. The van der Waals surface area contributed by atoms with Gasteiger partial charge in [-0.3, -0.25) is 0 Å². The van der Waals surface area contributed by atoms with E-state index in [9.17, 15) is 4.39 Å². The maximum absolute atomic E-state index is 13.0. The van der Waals surface area contributed by atoms with Crippen molar-refractivity contribution in [3.05, 3.63) is 35.6 Å². The van der Waals surface area contributed by atoms with Gasteiger partial charge in [0.1, 0.15) is 11.9 Å². The summed E-state index contributed by atoms with van der Waals surface area (Å²) in [5.74, 6) is -0.400. The third kappa shape index (κ3) is 2.87. The molecule has 0 heterocycles. The van der Waals surface area contributed by atoms with Crippen LogP contribution < -0.4 is 0 Å². The van der Waals surface area contributed by atoms with Crippen LogP contribution >= 0.6 is 23.2 Å². The molecule has 0 atom stereocenters. The number of benzene rings is 1. The first kappa shape index (κ1) is 10.3. The number of nitrogens with zero attached hydrogens (tertiary/aromatic N) is 1. The zero-order valence-electron chi connectivity index (χ0n) is 6.60. The minimum atomic E-state index is -1.55. The Morgan fingerprint density at radius 2 is 2.00 bits per heavy atom. The predicted molar refractivity (Wildman–Crippen MR) is 50.2 cm³/mol. The largest absolute Gasteiger partial charge is 0.207 e. The van der Waals surface area contributed by atoms with Gasteiger partial charge in [0.25, 0.3) is 0 Å². The summed E-state index contributed by atoms with van der Waals surface area (Å²) in [4.78, 5) is 0. The van der Waals surface area contributed by atoms with E-state index < -0.39 is 10.2 Å². The zero-order chi connectivity index (χ0) is 9.90. The van der Waals surface area contributed by atoms with Gasteiger partial charge in [-0.15, -0.1) is 0 Å². The second kappa shape index (κ2) is 3.95. The number of hydrogen-bond acceptors (Lipinski definition) is 1. The molecule has 68 valence electrons. The first-order chi connectivity index (χ1) is 6.05. The molecule has 0 N–H and O–H groups in total. The molecule has 0 aliphatic carbocycles. The van der Waals surface area contributed by atoms with Crippen LogP contribution in [0.25, 0.3) is 0 Å². The third-order valence-corrected chi connectivity index (χ3v) is 1.97. The summed E-state index contributed by atoms with van der Waals surface area (Å²) in [6, 6.07) is 7.76. The van der Waals surface area contributed by atoms with E-state index in [-0.39, 0.29) is 6.42 Å². The molecule has 0 saturated carbocycles. The Bertz CT molecular complexity index is 344. The fraction of sp³-hybridized carbons (Fsp3) is 0.222. The number of alkyl halides is 2. The molecule has 1 aromatic carbocycles. The second-order valence-electron chi connectivity index (χ2n) is 2.58. The number of nitriles is 1. The van der Waals surface area contributed by atoms with Crippen molar-refractivity contribution in [3.63, 3.8) is 0 Å². The van der Waals surface area contributed by atoms with Crippen LogP contribution in [0.5, 0.6) is 0 Å². The van der Waals surface area contributed by atoms with Crippen LogP contribution in [0.2, 0.25) is 0 Å². The molecule has 0 aromatic heterocycles. The average molecular weight is 218 g/mol. The molecule has 0 spiro atoms. The van der Waals surface area contributed by atoms with Gasteiger partial charge in [-0.25, -0.2) is 4.39 Å². The van der Waals surface area contributed by atoms with Gasteiger partial charge < -0.3 is 0 Å². The molecular weight excluding hydrogens is 212 g/mol. The van der Waals surface area contributed by atoms with Crippen LogP contribution in [0, 0.1) is 17.1 Å². The molecule has 0 aliphatic rings. The Kier molecular flexibility index (Phi) is 3.13. The first-order valence-corrected chi connectivity index (χ1v) is 4.33.